The van der Waals surface area contributed by atoms with Gasteiger partial charge in [-0.25, -0.2) is 13.4 Å². The summed E-state index contributed by atoms with van der Waals surface area (Å²) in [7, 11) is -4.39. The van der Waals surface area contributed by atoms with Gasteiger partial charge in [0, 0.05) is 13.1 Å². The molecule has 0 bridgehead atoms. The number of hydrogen-bond donors (Lipinski definition) is 1. The molecule has 0 unspecified atom stereocenters. The third kappa shape index (κ3) is 4.29. The lowest BCUT2D eigenvalue weighted by atomic mass is 10.1. The van der Waals surface area contributed by atoms with Gasteiger partial charge >= 0.3 is 6.18 Å². The first-order valence-electron chi connectivity index (χ1n) is 6.79. The van der Waals surface area contributed by atoms with Crippen LogP contribution < -0.4 is 4.72 Å². The highest BCUT2D eigenvalue weighted by Crippen LogP contribution is 2.33. The van der Waals surface area contributed by atoms with Crippen LogP contribution in [-0.2, 0) is 16.2 Å². The summed E-state index contributed by atoms with van der Waals surface area (Å²) >= 11 is 5.74. The van der Waals surface area contributed by atoms with E-state index in [0.717, 1.165) is 24.4 Å². The van der Waals surface area contributed by atoms with E-state index in [1.165, 1.54) is 13.8 Å². The van der Waals surface area contributed by atoms with Crippen LogP contribution in [0.15, 0.2) is 35.4 Å². The molecule has 134 valence electrons. The van der Waals surface area contributed by atoms with Crippen molar-refractivity contribution >= 4 is 33.1 Å². The predicted molar refractivity (Wildman–Crippen MR) is 86.2 cm³/mol. The number of hydrogen-bond acceptors (Lipinski definition) is 4. The summed E-state index contributed by atoms with van der Waals surface area (Å²) in [5, 5.41) is 0.0580. The topological polar surface area (TPSA) is 76.1 Å². The van der Waals surface area contributed by atoms with Gasteiger partial charge in [0.15, 0.2) is 5.78 Å². The molecule has 0 aliphatic rings. The second-order valence-electron chi connectivity index (χ2n) is 5.19. The van der Waals surface area contributed by atoms with Gasteiger partial charge in [-0.15, -0.1) is 0 Å². The van der Waals surface area contributed by atoms with Crippen molar-refractivity contribution in [3.05, 3.63) is 52.3 Å². The Balaban J connectivity index is 2.51. The minimum Gasteiger partial charge on any atom is -0.293 e. The van der Waals surface area contributed by atoms with E-state index in [4.69, 9.17) is 11.6 Å². The first kappa shape index (κ1) is 19.2. The van der Waals surface area contributed by atoms with E-state index in [1.54, 1.807) is 0 Å². The molecule has 5 nitrogen and oxygen atoms in total. The molecule has 1 aromatic heterocycles. The minimum absolute atomic E-state index is 0.0580. The van der Waals surface area contributed by atoms with Gasteiger partial charge in [-0.2, -0.15) is 13.2 Å². The van der Waals surface area contributed by atoms with Crippen LogP contribution in [0.1, 0.15) is 28.5 Å². The van der Waals surface area contributed by atoms with E-state index in [2.05, 4.69) is 9.71 Å². The fourth-order valence-electron chi connectivity index (χ4n) is 2.07. The lowest BCUT2D eigenvalue weighted by Gasteiger charge is -2.14. The molecule has 0 fully saturated rings. The summed E-state index contributed by atoms with van der Waals surface area (Å²) in [5.74, 6) is -0.533. The number of nitrogens with one attached hydrogen (secondary N) is 1. The van der Waals surface area contributed by atoms with E-state index >= 15 is 0 Å². The Morgan fingerprint density at radius 1 is 1.24 bits per heavy atom. The molecule has 25 heavy (non-hydrogen) atoms. The number of Topliss-reactive ketones (excluding diaryl/α,β-unsaturated/α-hetero) is 1. The van der Waals surface area contributed by atoms with Crippen molar-refractivity contribution in [3.8, 4) is 0 Å². The van der Waals surface area contributed by atoms with Crippen LogP contribution in [0, 0.1) is 6.92 Å². The molecular formula is C15H12ClF3N2O3S. The van der Waals surface area contributed by atoms with Crippen LogP contribution in [0.2, 0.25) is 5.02 Å². The normalized spacial score (nSPS) is 12.1. The van der Waals surface area contributed by atoms with Crippen molar-refractivity contribution < 1.29 is 26.4 Å². The zero-order chi connectivity index (χ0) is 19.0. The number of anilines is 1. The Morgan fingerprint density at radius 2 is 1.88 bits per heavy atom. The summed E-state index contributed by atoms with van der Waals surface area (Å²) in [6.45, 7) is 2.39. The van der Waals surface area contributed by atoms with E-state index < -0.39 is 32.4 Å². The molecule has 1 N–H and O–H groups in total. The maximum Gasteiger partial charge on any atom is 0.416 e. The Labute approximate surface area is 146 Å². The Kier molecular flexibility index (Phi) is 5.10. The number of sulfonamides is 1. The Hall–Kier alpha value is -2.13. The standard InChI is InChI=1S/C15H12ClF3N2O3S/c1-8-3-4-11(6-12(8)15(17,18)19)25(23,24)21-13-5-10(16)7-20-14(13)9(2)22/h3-7,21H,1-2H3. The molecule has 0 spiro atoms. The molecule has 10 heteroatoms. The number of benzene rings is 1. The van der Waals surface area contributed by atoms with Gasteiger partial charge in [0.25, 0.3) is 10.0 Å². The summed E-state index contributed by atoms with van der Waals surface area (Å²) in [6, 6.07) is 3.78. The van der Waals surface area contributed by atoms with Crippen LogP contribution in [-0.4, -0.2) is 19.2 Å². The average Bonchev–Trinajstić information content (AvgIpc) is 2.45. The van der Waals surface area contributed by atoms with Crippen molar-refractivity contribution in [3.63, 3.8) is 0 Å². The molecule has 0 radical (unpaired) electrons. The van der Waals surface area contributed by atoms with Crippen LogP contribution in [0.3, 0.4) is 0 Å². The largest absolute Gasteiger partial charge is 0.416 e. The van der Waals surface area contributed by atoms with Crippen molar-refractivity contribution in [2.24, 2.45) is 0 Å². The molecule has 0 aliphatic carbocycles. The molecule has 2 aromatic rings. The second kappa shape index (κ2) is 6.64. The number of ketones is 1. The van der Waals surface area contributed by atoms with Crippen molar-refractivity contribution in [1.82, 2.24) is 4.98 Å². The second-order valence-corrected chi connectivity index (χ2v) is 7.30. The molecule has 0 saturated heterocycles. The molecule has 0 saturated carbocycles. The van der Waals surface area contributed by atoms with Gasteiger partial charge in [-0.1, -0.05) is 17.7 Å². The fourth-order valence-corrected chi connectivity index (χ4v) is 3.32. The van der Waals surface area contributed by atoms with Gasteiger partial charge in [-0.05, 0) is 30.7 Å². The monoisotopic (exact) mass is 392 g/mol. The maximum atomic E-state index is 13.0. The predicted octanol–water partition coefficient (Wildman–Crippen LogP) is 4.07. The number of carbonyl (C=O) groups excluding carboxylic acids is 1. The highest BCUT2D eigenvalue weighted by Gasteiger charge is 2.33. The number of halogens is 4. The molecule has 1 aromatic carbocycles. The van der Waals surface area contributed by atoms with Crippen molar-refractivity contribution in [2.45, 2.75) is 24.9 Å². The number of nitrogens with zero attached hydrogens (tertiary/aromatic N) is 1. The summed E-state index contributed by atoms with van der Waals surface area (Å²) in [5.41, 5.74) is -1.59. The number of rotatable bonds is 4. The molecule has 0 amide bonds. The first-order valence-corrected chi connectivity index (χ1v) is 8.65. The first-order chi connectivity index (χ1) is 11.4. The smallest absolute Gasteiger partial charge is 0.293 e. The number of alkyl halides is 3. The lowest BCUT2D eigenvalue weighted by Crippen LogP contribution is -2.17. The minimum atomic E-state index is -4.70. The Bertz CT molecular complexity index is 944. The molecule has 0 aliphatic heterocycles. The van der Waals surface area contributed by atoms with Gasteiger partial charge in [0.2, 0.25) is 0 Å². The van der Waals surface area contributed by atoms with Crippen LogP contribution in [0.5, 0.6) is 0 Å². The third-order valence-electron chi connectivity index (χ3n) is 3.26. The lowest BCUT2D eigenvalue weighted by molar-refractivity contribution is -0.138. The van der Waals surface area contributed by atoms with E-state index in [9.17, 15) is 26.4 Å². The van der Waals surface area contributed by atoms with E-state index in [-0.39, 0.29) is 22.0 Å². The quantitative estimate of drug-likeness (QED) is 0.796. The van der Waals surface area contributed by atoms with Crippen LogP contribution in [0.25, 0.3) is 0 Å². The van der Waals surface area contributed by atoms with E-state index in [0.29, 0.717) is 6.07 Å². The highest BCUT2D eigenvalue weighted by molar-refractivity contribution is 7.92. The number of pyridine rings is 1. The summed E-state index contributed by atoms with van der Waals surface area (Å²) in [4.78, 5) is 14.7. The summed E-state index contributed by atoms with van der Waals surface area (Å²) in [6.07, 6.45) is -3.54. The molecule has 2 rings (SSSR count). The highest BCUT2D eigenvalue weighted by atomic mass is 35.5. The third-order valence-corrected chi connectivity index (χ3v) is 4.83. The van der Waals surface area contributed by atoms with Crippen LogP contribution in [0.4, 0.5) is 18.9 Å². The number of carbonyl (C=O) groups is 1. The van der Waals surface area contributed by atoms with Crippen molar-refractivity contribution in [1.29, 1.82) is 0 Å². The Morgan fingerprint density at radius 3 is 2.44 bits per heavy atom. The number of aryl methyl sites for hydroxylation is 1. The zero-order valence-corrected chi connectivity index (χ0v) is 14.6. The van der Waals surface area contributed by atoms with E-state index in [1.807, 2.05) is 0 Å². The van der Waals surface area contributed by atoms with Gasteiger partial charge < -0.3 is 0 Å². The SMILES string of the molecule is CC(=O)c1ncc(Cl)cc1NS(=O)(=O)c1ccc(C)c(C(F)(F)F)c1. The molecular weight excluding hydrogens is 381 g/mol. The van der Waals surface area contributed by atoms with Gasteiger partial charge in [0.1, 0.15) is 5.69 Å². The summed E-state index contributed by atoms with van der Waals surface area (Å²) < 4.78 is 65.8. The number of aromatic nitrogens is 1. The molecule has 1 heterocycles. The fraction of sp³-hybridized carbons (Fsp3) is 0.200. The van der Waals surface area contributed by atoms with Gasteiger partial charge in [0.05, 0.1) is 21.2 Å². The average molecular weight is 393 g/mol. The maximum absolute atomic E-state index is 13.0. The van der Waals surface area contributed by atoms with Gasteiger partial charge in [-0.3, -0.25) is 9.52 Å². The molecule has 0 atom stereocenters. The zero-order valence-electron chi connectivity index (χ0n) is 13.0. The van der Waals surface area contributed by atoms with Crippen LogP contribution >= 0.6 is 11.6 Å². The van der Waals surface area contributed by atoms with Crippen molar-refractivity contribution in [2.75, 3.05) is 4.72 Å².